The third-order valence-electron chi connectivity index (χ3n) is 2.09. The Kier molecular flexibility index (Phi) is 4.46. The first-order valence-electron chi connectivity index (χ1n) is 4.85. The van der Waals surface area contributed by atoms with Crippen molar-refractivity contribution in [3.05, 3.63) is 0 Å². The van der Waals surface area contributed by atoms with Crippen molar-refractivity contribution in [2.24, 2.45) is 0 Å². The van der Waals surface area contributed by atoms with Gasteiger partial charge < -0.3 is 25.0 Å². The van der Waals surface area contributed by atoms with E-state index in [1.54, 1.807) is 0 Å². The van der Waals surface area contributed by atoms with E-state index in [0.29, 0.717) is 13.2 Å². The molecule has 2 atom stereocenters. The molecular formula is C9H17NO5. The largest absolute Gasteiger partial charge is 0.393 e. The van der Waals surface area contributed by atoms with E-state index in [2.05, 4.69) is 5.32 Å². The Balaban J connectivity index is 2.28. The van der Waals surface area contributed by atoms with Crippen LogP contribution in [0.25, 0.3) is 0 Å². The van der Waals surface area contributed by atoms with Crippen LogP contribution in [0.4, 0.5) is 0 Å². The molecule has 0 aromatic carbocycles. The standard InChI is InChI=1S/C9H17NO5/c1-9(13,6-11)5-10-8(12)7-4-14-2-3-15-7/h7,11,13H,2-6H2,1H3,(H,10,12). The lowest BCUT2D eigenvalue weighted by atomic mass is 10.1. The van der Waals surface area contributed by atoms with E-state index in [1.807, 2.05) is 0 Å². The minimum Gasteiger partial charge on any atom is -0.393 e. The number of ether oxygens (including phenoxy) is 2. The average molecular weight is 219 g/mol. The predicted molar refractivity (Wildman–Crippen MR) is 51.3 cm³/mol. The Morgan fingerprint density at radius 2 is 2.33 bits per heavy atom. The number of amides is 1. The van der Waals surface area contributed by atoms with Crippen molar-refractivity contribution in [3.8, 4) is 0 Å². The number of hydrogen-bond donors (Lipinski definition) is 3. The Labute approximate surface area is 88.2 Å². The molecule has 1 aliphatic rings. The van der Waals surface area contributed by atoms with Crippen LogP contribution in [-0.2, 0) is 14.3 Å². The normalized spacial score (nSPS) is 25.7. The predicted octanol–water partition coefficient (Wildman–Crippen LogP) is -1.74. The van der Waals surface area contributed by atoms with Crippen LogP contribution in [0, 0.1) is 0 Å². The summed E-state index contributed by atoms with van der Waals surface area (Å²) in [7, 11) is 0. The molecule has 6 heteroatoms. The number of carbonyl (C=O) groups is 1. The first-order valence-corrected chi connectivity index (χ1v) is 4.85. The maximum Gasteiger partial charge on any atom is 0.251 e. The van der Waals surface area contributed by atoms with Gasteiger partial charge in [0, 0.05) is 6.54 Å². The molecule has 0 radical (unpaired) electrons. The van der Waals surface area contributed by atoms with E-state index in [4.69, 9.17) is 14.6 Å². The molecule has 0 spiro atoms. The molecule has 0 aromatic heterocycles. The Bertz CT molecular complexity index is 213. The second-order valence-corrected chi connectivity index (χ2v) is 3.81. The van der Waals surface area contributed by atoms with Crippen molar-refractivity contribution >= 4 is 5.91 Å². The maximum atomic E-state index is 11.5. The fourth-order valence-corrected chi connectivity index (χ4v) is 1.09. The van der Waals surface area contributed by atoms with Crippen molar-refractivity contribution in [1.29, 1.82) is 0 Å². The molecule has 0 aromatic rings. The van der Waals surface area contributed by atoms with Crippen LogP contribution < -0.4 is 5.32 Å². The zero-order valence-corrected chi connectivity index (χ0v) is 8.73. The van der Waals surface area contributed by atoms with E-state index in [-0.39, 0.29) is 19.1 Å². The molecule has 0 saturated carbocycles. The van der Waals surface area contributed by atoms with E-state index >= 15 is 0 Å². The summed E-state index contributed by atoms with van der Waals surface area (Å²) < 4.78 is 10.2. The lowest BCUT2D eigenvalue weighted by Gasteiger charge is -2.25. The van der Waals surface area contributed by atoms with Gasteiger partial charge in [-0.3, -0.25) is 4.79 Å². The summed E-state index contributed by atoms with van der Waals surface area (Å²) in [6.45, 7) is 2.14. The lowest BCUT2D eigenvalue weighted by Crippen LogP contribution is -2.49. The van der Waals surface area contributed by atoms with E-state index in [1.165, 1.54) is 6.92 Å². The molecule has 0 aliphatic carbocycles. The SMILES string of the molecule is CC(O)(CO)CNC(=O)C1COCCO1. The monoisotopic (exact) mass is 219 g/mol. The van der Waals surface area contributed by atoms with Crippen molar-refractivity contribution in [3.63, 3.8) is 0 Å². The third kappa shape index (κ3) is 4.13. The highest BCUT2D eigenvalue weighted by atomic mass is 16.6. The van der Waals surface area contributed by atoms with Crippen LogP contribution in [0.5, 0.6) is 0 Å². The van der Waals surface area contributed by atoms with Gasteiger partial charge in [-0.05, 0) is 6.92 Å². The van der Waals surface area contributed by atoms with Gasteiger partial charge in [0.25, 0.3) is 5.91 Å². The van der Waals surface area contributed by atoms with Crippen molar-refractivity contribution in [2.45, 2.75) is 18.6 Å². The van der Waals surface area contributed by atoms with Crippen molar-refractivity contribution in [1.82, 2.24) is 5.32 Å². The van der Waals surface area contributed by atoms with Crippen LogP contribution in [0.2, 0.25) is 0 Å². The molecule has 0 bridgehead atoms. The van der Waals surface area contributed by atoms with Crippen molar-refractivity contribution in [2.75, 3.05) is 33.0 Å². The van der Waals surface area contributed by atoms with Crippen LogP contribution in [0.15, 0.2) is 0 Å². The molecule has 6 nitrogen and oxygen atoms in total. The molecular weight excluding hydrogens is 202 g/mol. The van der Waals surface area contributed by atoms with E-state index < -0.39 is 18.3 Å². The van der Waals surface area contributed by atoms with E-state index in [0.717, 1.165) is 0 Å². The number of rotatable bonds is 4. The quantitative estimate of drug-likeness (QED) is 0.522. The number of carbonyl (C=O) groups excluding carboxylic acids is 1. The zero-order chi connectivity index (χ0) is 11.3. The van der Waals surface area contributed by atoms with Gasteiger partial charge >= 0.3 is 0 Å². The summed E-state index contributed by atoms with van der Waals surface area (Å²) in [6.07, 6.45) is -0.617. The first-order chi connectivity index (χ1) is 7.05. The Hall–Kier alpha value is -0.690. The number of hydrogen-bond acceptors (Lipinski definition) is 5. The topological polar surface area (TPSA) is 88.0 Å². The minimum absolute atomic E-state index is 0.0117. The van der Waals surface area contributed by atoms with Gasteiger partial charge in [-0.15, -0.1) is 0 Å². The van der Waals surface area contributed by atoms with Gasteiger partial charge in [0.2, 0.25) is 0 Å². The van der Waals surface area contributed by atoms with Crippen LogP contribution in [0.3, 0.4) is 0 Å². The average Bonchev–Trinajstić information content (AvgIpc) is 2.27. The van der Waals surface area contributed by atoms with Crippen LogP contribution >= 0.6 is 0 Å². The maximum absolute atomic E-state index is 11.5. The molecule has 88 valence electrons. The second-order valence-electron chi connectivity index (χ2n) is 3.81. The molecule has 1 fully saturated rings. The second kappa shape index (κ2) is 5.41. The summed E-state index contributed by atoms with van der Waals surface area (Å²) in [5, 5.41) is 20.7. The summed E-state index contributed by atoms with van der Waals surface area (Å²) in [6, 6.07) is 0. The molecule has 2 unspecified atom stereocenters. The van der Waals surface area contributed by atoms with Gasteiger partial charge in [0.05, 0.1) is 26.4 Å². The number of aliphatic hydroxyl groups excluding tert-OH is 1. The number of nitrogens with one attached hydrogen (secondary N) is 1. The molecule has 3 N–H and O–H groups in total. The fraction of sp³-hybridized carbons (Fsp3) is 0.889. The van der Waals surface area contributed by atoms with Crippen LogP contribution in [-0.4, -0.2) is 60.8 Å². The van der Waals surface area contributed by atoms with Crippen LogP contribution in [0.1, 0.15) is 6.92 Å². The highest BCUT2D eigenvalue weighted by Gasteiger charge is 2.25. The Morgan fingerprint density at radius 3 is 2.87 bits per heavy atom. The number of aliphatic hydroxyl groups is 2. The van der Waals surface area contributed by atoms with Gasteiger partial charge in [-0.25, -0.2) is 0 Å². The molecule has 15 heavy (non-hydrogen) atoms. The van der Waals surface area contributed by atoms with Gasteiger partial charge in [0.1, 0.15) is 5.60 Å². The zero-order valence-electron chi connectivity index (χ0n) is 8.73. The lowest BCUT2D eigenvalue weighted by molar-refractivity contribution is -0.148. The molecule has 1 rings (SSSR count). The van der Waals surface area contributed by atoms with Gasteiger partial charge in [0.15, 0.2) is 6.10 Å². The molecule has 1 aliphatic heterocycles. The fourth-order valence-electron chi connectivity index (χ4n) is 1.09. The highest BCUT2D eigenvalue weighted by Crippen LogP contribution is 2.02. The summed E-state index contributed by atoms with van der Waals surface area (Å²) in [5.74, 6) is -0.330. The molecule has 1 amide bonds. The smallest absolute Gasteiger partial charge is 0.251 e. The summed E-state index contributed by atoms with van der Waals surface area (Å²) in [5.41, 5.74) is -1.30. The third-order valence-corrected chi connectivity index (χ3v) is 2.09. The molecule has 1 saturated heterocycles. The summed E-state index contributed by atoms with van der Waals surface area (Å²) in [4.78, 5) is 11.5. The van der Waals surface area contributed by atoms with Gasteiger partial charge in [-0.2, -0.15) is 0 Å². The minimum atomic E-state index is -1.30. The molecule has 1 heterocycles. The van der Waals surface area contributed by atoms with Gasteiger partial charge in [-0.1, -0.05) is 0 Å². The Morgan fingerprint density at radius 1 is 1.60 bits per heavy atom. The van der Waals surface area contributed by atoms with E-state index in [9.17, 15) is 9.90 Å². The summed E-state index contributed by atoms with van der Waals surface area (Å²) >= 11 is 0. The van der Waals surface area contributed by atoms with Crippen molar-refractivity contribution < 1.29 is 24.5 Å². The highest BCUT2D eigenvalue weighted by molar-refractivity contribution is 5.81. The first kappa shape index (κ1) is 12.4.